The summed E-state index contributed by atoms with van der Waals surface area (Å²) in [6, 6.07) is 6.58. The molecule has 1 saturated heterocycles. The van der Waals surface area contributed by atoms with Gasteiger partial charge in [0, 0.05) is 55.9 Å². The van der Waals surface area contributed by atoms with E-state index in [0.717, 1.165) is 42.6 Å². The highest BCUT2D eigenvalue weighted by atomic mass is 35.5. The molecule has 2 aliphatic rings. The van der Waals surface area contributed by atoms with Crippen LogP contribution < -0.4 is 10.6 Å². The Balaban J connectivity index is 0.00000210. The van der Waals surface area contributed by atoms with Crippen molar-refractivity contribution < 1.29 is 13.9 Å². The van der Waals surface area contributed by atoms with Gasteiger partial charge in [0.2, 0.25) is 0 Å². The van der Waals surface area contributed by atoms with Gasteiger partial charge in [0.25, 0.3) is 5.91 Å². The summed E-state index contributed by atoms with van der Waals surface area (Å²) in [5.41, 5.74) is 3.25. The lowest BCUT2D eigenvalue weighted by atomic mass is 9.74. The number of ether oxygens (including phenoxy) is 1. The summed E-state index contributed by atoms with van der Waals surface area (Å²) < 4.78 is 18.8. The van der Waals surface area contributed by atoms with Gasteiger partial charge >= 0.3 is 0 Å². The van der Waals surface area contributed by atoms with Crippen molar-refractivity contribution in [2.45, 2.75) is 31.2 Å². The topological polar surface area (TPSA) is 79.0 Å². The second-order valence-corrected chi connectivity index (χ2v) is 7.04. The lowest BCUT2D eigenvalue weighted by molar-refractivity contribution is 0.0486. The van der Waals surface area contributed by atoms with Crippen molar-refractivity contribution in [2.75, 3.05) is 26.3 Å². The number of aromatic nitrogens is 2. The summed E-state index contributed by atoms with van der Waals surface area (Å²) in [7, 11) is 0. The number of aromatic amines is 1. The first-order valence-electron chi connectivity index (χ1n) is 9.07. The van der Waals surface area contributed by atoms with Crippen LogP contribution in [0.25, 0.3) is 0 Å². The molecule has 2 aromatic rings. The van der Waals surface area contributed by atoms with Gasteiger partial charge < -0.3 is 15.4 Å². The van der Waals surface area contributed by atoms with Crippen molar-refractivity contribution in [3.8, 4) is 0 Å². The van der Waals surface area contributed by atoms with Gasteiger partial charge in [-0.05, 0) is 30.5 Å². The van der Waals surface area contributed by atoms with Gasteiger partial charge in [-0.15, -0.1) is 12.4 Å². The van der Waals surface area contributed by atoms with Gasteiger partial charge in [0.15, 0.2) is 5.69 Å². The molecule has 4 rings (SSSR count). The molecule has 0 aliphatic carbocycles. The zero-order chi connectivity index (χ0) is 18.0. The number of nitrogens with one attached hydrogen (secondary N) is 3. The highest BCUT2D eigenvalue weighted by Gasteiger charge is 2.35. The van der Waals surface area contributed by atoms with E-state index in [1.54, 1.807) is 0 Å². The fourth-order valence-electron chi connectivity index (χ4n) is 3.88. The Bertz CT molecular complexity index is 788. The number of carbonyl (C=O) groups is 1. The van der Waals surface area contributed by atoms with Crippen LogP contribution in [0.1, 0.15) is 40.2 Å². The van der Waals surface area contributed by atoms with E-state index < -0.39 is 0 Å². The highest BCUT2D eigenvalue weighted by Crippen LogP contribution is 2.34. The molecule has 8 heteroatoms. The van der Waals surface area contributed by atoms with Crippen molar-refractivity contribution in [3.05, 3.63) is 52.6 Å². The minimum Gasteiger partial charge on any atom is -0.381 e. The van der Waals surface area contributed by atoms with E-state index in [4.69, 9.17) is 4.74 Å². The molecular weight excluding hydrogens is 371 g/mol. The lowest BCUT2D eigenvalue weighted by Gasteiger charge is -2.38. The molecule has 3 heterocycles. The number of hydrogen-bond acceptors (Lipinski definition) is 4. The van der Waals surface area contributed by atoms with E-state index in [9.17, 15) is 9.18 Å². The maximum absolute atomic E-state index is 13.3. The van der Waals surface area contributed by atoms with E-state index >= 15 is 0 Å². The van der Waals surface area contributed by atoms with Gasteiger partial charge in [-0.3, -0.25) is 9.89 Å². The third-order valence-electron chi connectivity index (χ3n) is 5.52. The SMILES string of the molecule is Cl.O=C(NCC1(c2ccc(F)cc2)CCOCC1)c1n[nH]c2c1CNCC2. The van der Waals surface area contributed by atoms with Crippen molar-refractivity contribution in [1.82, 2.24) is 20.8 Å². The minimum atomic E-state index is -0.254. The predicted molar refractivity (Wildman–Crippen MR) is 102 cm³/mol. The van der Waals surface area contributed by atoms with Crippen molar-refractivity contribution in [1.29, 1.82) is 0 Å². The third kappa shape index (κ3) is 4.00. The summed E-state index contributed by atoms with van der Waals surface area (Å²) in [6.45, 7) is 3.30. The second kappa shape index (κ2) is 8.37. The average molecular weight is 395 g/mol. The molecule has 0 radical (unpaired) electrons. The molecule has 0 bridgehead atoms. The molecule has 3 N–H and O–H groups in total. The van der Waals surface area contributed by atoms with Crippen LogP contribution in [0.5, 0.6) is 0 Å². The van der Waals surface area contributed by atoms with E-state index in [1.165, 1.54) is 12.1 Å². The number of benzene rings is 1. The number of hydrogen-bond donors (Lipinski definition) is 3. The fraction of sp³-hybridized carbons (Fsp3) is 0.474. The van der Waals surface area contributed by atoms with E-state index in [0.29, 0.717) is 32.0 Å². The number of fused-ring (bicyclic) bond motifs is 1. The molecule has 0 spiro atoms. The first-order valence-corrected chi connectivity index (χ1v) is 9.07. The maximum atomic E-state index is 13.3. The van der Waals surface area contributed by atoms with E-state index in [-0.39, 0.29) is 29.5 Å². The quantitative estimate of drug-likeness (QED) is 0.742. The Morgan fingerprint density at radius 2 is 2.00 bits per heavy atom. The number of halogens is 2. The zero-order valence-electron chi connectivity index (χ0n) is 15.0. The normalized spacial score (nSPS) is 18.3. The lowest BCUT2D eigenvalue weighted by Crippen LogP contribution is -2.45. The van der Waals surface area contributed by atoms with Gasteiger partial charge in [0.1, 0.15) is 5.82 Å². The largest absolute Gasteiger partial charge is 0.381 e. The summed E-state index contributed by atoms with van der Waals surface area (Å²) in [5, 5.41) is 13.5. The molecule has 27 heavy (non-hydrogen) atoms. The number of amides is 1. The molecule has 1 aromatic carbocycles. The molecular formula is C19H24ClFN4O2. The predicted octanol–water partition coefficient (Wildman–Crippen LogP) is 2.09. The van der Waals surface area contributed by atoms with Crippen molar-refractivity contribution >= 4 is 18.3 Å². The first kappa shape index (κ1) is 19.8. The molecule has 1 aromatic heterocycles. The van der Waals surface area contributed by atoms with Crippen LogP contribution in [0.3, 0.4) is 0 Å². The van der Waals surface area contributed by atoms with Crippen LogP contribution in [-0.4, -0.2) is 42.4 Å². The van der Waals surface area contributed by atoms with Crippen LogP contribution in [0.4, 0.5) is 4.39 Å². The highest BCUT2D eigenvalue weighted by molar-refractivity contribution is 5.94. The molecule has 0 atom stereocenters. The molecule has 146 valence electrons. The van der Waals surface area contributed by atoms with Gasteiger partial charge in [-0.1, -0.05) is 12.1 Å². The number of nitrogens with zero attached hydrogens (tertiary/aromatic N) is 1. The standard InChI is InChI=1S/C19H23FN4O2.ClH/c20-14-3-1-13(2-4-14)19(6-9-26-10-7-19)12-22-18(25)17-15-11-21-8-5-16(15)23-24-17;/h1-4,21H,5-12H2,(H,22,25)(H,23,24);1H. The van der Waals surface area contributed by atoms with Gasteiger partial charge in [-0.25, -0.2) is 4.39 Å². The van der Waals surface area contributed by atoms with E-state index in [1.807, 2.05) is 12.1 Å². The third-order valence-corrected chi connectivity index (χ3v) is 5.52. The Labute approximate surface area is 163 Å². The molecule has 2 aliphatic heterocycles. The first-order chi connectivity index (χ1) is 12.7. The Hall–Kier alpha value is -1.96. The molecule has 1 amide bonds. The minimum absolute atomic E-state index is 0. The monoisotopic (exact) mass is 394 g/mol. The van der Waals surface area contributed by atoms with Crippen molar-refractivity contribution in [3.63, 3.8) is 0 Å². The number of carbonyl (C=O) groups excluding carboxylic acids is 1. The number of H-pyrrole nitrogens is 1. The second-order valence-electron chi connectivity index (χ2n) is 7.04. The van der Waals surface area contributed by atoms with Crippen LogP contribution in [-0.2, 0) is 23.1 Å². The molecule has 6 nitrogen and oxygen atoms in total. The zero-order valence-corrected chi connectivity index (χ0v) is 15.8. The van der Waals surface area contributed by atoms with Crippen LogP contribution in [0, 0.1) is 5.82 Å². The Morgan fingerprint density at radius 3 is 2.74 bits per heavy atom. The molecule has 0 saturated carbocycles. The summed E-state index contributed by atoms with van der Waals surface area (Å²) in [5.74, 6) is -0.421. The summed E-state index contributed by atoms with van der Waals surface area (Å²) in [6.07, 6.45) is 2.44. The van der Waals surface area contributed by atoms with Crippen LogP contribution in [0.2, 0.25) is 0 Å². The van der Waals surface area contributed by atoms with Gasteiger partial charge in [0.05, 0.1) is 0 Å². The maximum Gasteiger partial charge on any atom is 0.272 e. The summed E-state index contributed by atoms with van der Waals surface area (Å²) >= 11 is 0. The van der Waals surface area contributed by atoms with Crippen LogP contribution >= 0.6 is 12.4 Å². The van der Waals surface area contributed by atoms with Crippen LogP contribution in [0.15, 0.2) is 24.3 Å². The summed E-state index contributed by atoms with van der Waals surface area (Å²) in [4.78, 5) is 12.7. The fourth-order valence-corrected chi connectivity index (χ4v) is 3.88. The molecule has 0 unspecified atom stereocenters. The number of rotatable bonds is 4. The van der Waals surface area contributed by atoms with Gasteiger partial charge in [-0.2, -0.15) is 5.10 Å². The average Bonchev–Trinajstić information content (AvgIpc) is 3.12. The molecule has 1 fully saturated rings. The van der Waals surface area contributed by atoms with E-state index in [2.05, 4.69) is 20.8 Å². The van der Waals surface area contributed by atoms with Crippen molar-refractivity contribution in [2.24, 2.45) is 0 Å². The Morgan fingerprint density at radius 1 is 1.26 bits per heavy atom. The smallest absolute Gasteiger partial charge is 0.272 e. The Kier molecular flexibility index (Phi) is 6.14.